The van der Waals surface area contributed by atoms with Crippen LogP contribution in [0.1, 0.15) is 11.1 Å². The van der Waals surface area contributed by atoms with Gasteiger partial charge >= 0.3 is 0 Å². The van der Waals surface area contributed by atoms with E-state index in [1.165, 1.54) is 27.5 Å². The fourth-order valence-electron chi connectivity index (χ4n) is 8.23. The molecule has 0 aliphatic rings. The average molecular weight is 709 g/mol. The lowest BCUT2D eigenvalue weighted by Gasteiger charge is -2.25. The van der Waals surface area contributed by atoms with Gasteiger partial charge in [-0.25, -0.2) is 4.98 Å². The van der Waals surface area contributed by atoms with Crippen LogP contribution in [0.15, 0.2) is 195 Å². The standard InChI is InChI=1S/C50H38N5/c1-35-15-13-16-36(2)50(35)37-29-30-51-49(31-37)55-45-24-10-9-23-43(45)44-28-27-42(33-48(44)55)54(39-19-7-4-8-20-39)41-22-14-21-40(32-41)53-34-52(38-17-5-3-6-18-38)46-25-11-12-26-47(46)53/h3-34H,1-2H3/q+1. The minimum Gasteiger partial charge on any atom is -0.310 e. The van der Waals surface area contributed by atoms with Gasteiger partial charge in [-0.15, -0.1) is 0 Å². The van der Waals surface area contributed by atoms with Crippen molar-refractivity contribution in [2.24, 2.45) is 0 Å². The van der Waals surface area contributed by atoms with Crippen LogP contribution in [-0.2, 0) is 0 Å². The number of nitrogens with zero attached hydrogens (tertiary/aromatic N) is 5. The first-order valence-electron chi connectivity index (χ1n) is 18.7. The van der Waals surface area contributed by atoms with Crippen molar-refractivity contribution in [3.05, 3.63) is 206 Å². The number of fused-ring (bicyclic) bond motifs is 4. The fraction of sp³-hybridized carbons (Fsp3) is 0.0400. The molecule has 5 nitrogen and oxygen atoms in total. The van der Waals surface area contributed by atoms with Crippen LogP contribution >= 0.6 is 0 Å². The van der Waals surface area contributed by atoms with Gasteiger partial charge in [0.25, 0.3) is 0 Å². The van der Waals surface area contributed by atoms with Crippen molar-refractivity contribution in [3.63, 3.8) is 0 Å². The molecule has 5 heteroatoms. The zero-order valence-corrected chi connectivity index (χ0v) is 30.7. The molecule has 55 heavy (non-hydrogen) atoms. The molecule has 0 N–H and O–H groups in total. The Balaban J connectivity index is 1.16. The zero-order valence-electron chi connectivity index (χ0n) is 30.7. The van der Waals surface area contributed by atoms with Gasteiger partial charge in [0.15, 0.2) is 17.4 Å². The summed E-state index contributed by atoms with van der Waals surface area (Å²) in [5.74, 6) is 0.892. The third-order valence-corrected chi connectivity index (χ3v) is 10.7. The van der Waals surface area contributed by atoms with E-state index >= 15 is 0 Å². The van der Waals surface area contributed by atoms with Crippen LogP contribution in [0.3, 0.4) is 0 Å². The molecule has 0 amide bonds. The minimum atomic E-state index is 0.892. The molecular formula is C50H38N5+. The number of aromatic nitrogens is 4. The summed E-state index contributed by atoms with van der Waals surface area (Å²) >= 11 is 0. The Morgan fingerprint density at radius 3 is 1.80 bits per heavy atom. The molecule has 0 atom stereocenters. The maximum atomic E-state index is 5.00. The van der Waals surface area contributed by atoms with Gasteiger partial charge in [0.05, 0.1) is 16.7 Å². The summed E-state index contributed by atoms with van der Waals surface area (Å²) in [4.78, 5) is 7.35. The predicted molar refractivity (Wildman–Crippen MR) is 229 cm³/mol. The van der Waals surface area contributed by atoms with E-state index in [9.17, 15) is 0 Å². The monoisotopic (exact) mass is 708 g/mol. The highest BCUT2D eigenvalue weighted by Crippen LogP contribution is 2.40. The molecule has 262 valence electrons. The molecule has 0 radical (unpaired) electrons. The first-order valence-corrected chi connectivity index (χ1v) is 18.7. The fourth-order valence-corrected chi connectivity index (χ4v) is 8.23. The van der Waals surface area contributed by atoms with Crippen LogP contribution in [0.25, 0.3) is 61.2 Å². The summed E-state index contributed by atoms with van der Waals surface area (Å²) < 4.78 is 6.86. The molecule has 0 aliphatic carbocycles. The van der Waals surface area contributed by atoms with Crippen molar-refractivity contribution >= 4 is 49.9 Å². The Morgan fingerprint density at radius 2 is 1.04 bits per heavy atom. The molecule has 0 bridgehead atoms. The average Bonchev–Trinajstić information content (AvgIpc) is 3.78. The highest BCUT2D eigenvalue weighted by molar-refractivity contribution is 6.10. The lowest BCUT2D eigenvalue weighted by molar-refractivity contribution is 1.01. The van der Waals surface area contributed by atoms with Gasteiger partial charge in [-0.1, -0.05) is 97.1 Å². The molecule has 10 aromatic rings. The Labute approximate surface area is 320 Å². The molecule has 3 heterocycles. The van der Waals surface area contributed by atoms with Gasteiger partial charge in [0.2, 0.25) is 0 Å². The van der Waals surface area contributed by atoms with Crippen molar-refractivity contribution < 1.29 is 0 Å². The number of hydrogen-bond acceptors (Lipinski definition) is 2. The molecule has 0 saturated heterocycles. The number of pyridine rings is 1. The molecule has 0 spiro atoms. The van der Waals surface area contributed by atoms with Crippen LogP contribution in [-0.4, -0.2) is 18.7 Å². The summed E-state index contributed by atoms with van der Waals surface area (Å²) in [6.07, 6.45) is 4.13. The number of benzene rings is 7. The molecule has 10 rings (SSSR count). The highest BCUT2D eigenvalue weighted by atomic mass is 15.2. The Morgan fingerprint density at radius 1 is 0.455 bits per heavy atom. The number of para-hydroxylation sites is 5. The van der Waals surface area contributed by atoms with Crippen LogP contribution in [0.5, 0.6) is 0 Å². The summed E-state index contributed by atoms with van der Waals surface area (Å²) in [6.45, 7) is 4.37. The largest absolute Gasteiger partial charge is 0.310 e. The second kappa shape index (κ2) is 13.3. The van der Waals surface area contributed by atoms with Gasteiger partial charge in [0, 0.05) is 46.5 Å². The molecule has 0 saturated carbocycles. The van der Waals surface area contributed by atoms with E-state index < -0.39 is 0 Å². The van der Waals surface area contributed by atoms with Crippen LogP contribution in [0.4, 0.5) is 17.1 Å². The highest BCUT2D eigenvalue weighted by Gasteiger charge is 2.21. The van der Waals surface area contributed by atoms with Crippen molar-refractivity contribution in [1.29, 1.82) is 0 Å². The molecule has 7 aromatic carbocycles. The van der Waals surface area contributed by atoms with E-state index in [1.807, 2.05) is 6.20 Å². The summed E-state index contributed by atoms with van der Waals surface area (Å²) in [7, 11) is 0. The van der Waals surface area contributed by atoms with E-state index in [1.54, 1.807) is 0 Å². The molecule has 3 aromatic heterocycles. The Hall–Kier alpha value is -7.24. The van der Waals surface area contributed by atoms with E-state index in [0.29, 0.717) is 0 Å². The maximum Gasteiger partial charge on any atom is 0.168 e. The Bertz CT molecular complexity index is 2990. The van der Waals surface area contributed by atoms with Gasteiger partial charge in [-0.05, 0) is 103 Å². The first-order chi connectivity index (χ1) is 27.1. The molecule has 0 aliphatic heterocycles. The zero-order chi connectivity index (χ0) is 36.9. The van der Waals surface area contributed by atoms with Gasteiger partial charge in [0.1, 0.15) is 17.2 Å². The lowest BCUT2D eigenvalue weighted by atomic mass is 9.96. The first kappa shape index (κ1) is 32.4. The quantitative estimate of drug-likeness (QED) is 0.154. The van der Waals surface area contributed by atoms with Crippen molar-refractivity contribution in [2.75, 3.05) is 4.90 Å². The number of imidazole rings is 1. The SMILES string of the molecule is Cc1cccc(C)c1-c1ccnc(-n2c3ccccc3c3ccc(N(c4ccccc4)c4cccc(-n5[cH+]n(-c6ccccc6)c6ccccc65)c4)cc32)c1. The van der Waals surface area contributed by atoms with Crippen molar-refractivity contribution in [3.8, 4) is 28.3 Å². The number of rotatable bonds is 7. The van der Waals surface area contributed by atoms with Crippen LogP contribution < -0.4 is 4.90 Å². The minimum absolute atomic E-state index is 0.892. The maximum absolute atomic E-state index is 5.00. The van der Waals surface area contributed by atoms with Gasteiger partial charge in [-0.3, -0.25) is 4.57 Å². The summed E-state index contributed by atoms with van der Waals surface area (Å²) in [5.41, 5.74) is 14.8. The van der Waals surface area contributed by atoms with E-state index in [4.69, 9.17) is 4.98 Å². The van der Waals surface area contributed by atoms with E-state index in [-0.39, 0.29) is 0 Å². The Kier molecular flexibility index (Phi) is 7.85. The van der Waals surface area contributed by atoms with Crippen molar-refractivity contribution in [2.45, 2.75) is 13.8 Å². The second-order valence-corrected chi connectivity index (χ2v) is 14.1. The third-order valence-electron chi connectivity index (χ3n) is 10.7. The normalized spacial score (nSPS) is 11.5. The van der Waals surface area contributed by atoms with Crippen LogP contribution in [0, 0.1) is 13.8 Å². The van der Waals surface area contributed by atoms with E-state index in [0.717, 1.165) is 61.9 Å². The van der Waals surface area contributed by atoms with Gasteiger partial charge in [-0.2, -0.15) is 9.13 Å². The smallest absolute Gasteiger partial charge is 0.168 e. The van der Waals surface area contributed by atoms with Gasteiger partial charge < -0.3 is 4.90 Å². The third kappa shape index (κ3) is 5.56. The number of aryl methyl sites for hydroxylation is 2. The lowest BCUT2D eigenvalue weighted by Crippen LogP contribution is -2.10. The molecular weight excluding hydrogens is 671 g/mol. The number of anilines is 3. The summed E-state index contributed by atoms with van der Waals surface area (Å²) in [5, 5.41) is 2.38. The van der Waals surface area contributed by atoms with Crippen LogP contribution in [0.2, 0.25) is 0 Å². The second-order valence-electron chi connectivity index (χ2n) is 14.1. The predicted octanol–water partition coefficient (Wildman–Crippen LogP) is 12.9. The number of hydrogen-bond donors (Lipinski definition) is 0. The van der Waals surface area contributed by atoms with E-state index in [2.05, 4.69) is 221 Å². The molecule has 0 unspecified atom stereocenters. The summed E-state index contributed by atoms with van der Waals surface area (Å²) in [6, 6.07) is 64.9. The van der Waals surface area contributed by atoms with Crippen molar-refractivity contribution in [1.82, 2.24) is 18.7 Å². The topological polar surface area (TPSA) is 30.9 Å². The molecule has 0 fully saturated rings.